The molecule has 134 valence electrons. The Bertz CT molecular complexity index is 359. The topological polar surface area (TPSA) is 0 Å². The van der Waals surface area contributed by atoms with Gasteiger partial charge in [0.2, 0.25) is 0 Å². The van der Waals surface area contributed by atoms with Gasteiger partial charge in [0, 0.05) is 0 Å². The quantitative estimate of drug-likeness (QED) is 0.353. The summed E-state index contributed by atoms with van der Waals surface area (Å²) in [5.41, 5.74) is 0. The fraction of sp³-hybridized carbons (Fsp3) is 1.00. The van der Waals surface area contributed by atoms with Gasteiger partial charge in [0.1, 0.15) is 0 Å². The minimum atomic E-state index is 1.02. The van der Waals surface area contributed by atoms with E-state index in [1.807, 2.05) is 0 Å². The van der Waals surface area contributed by atoms with E-state index in [1.54, 1.807) is 25.7 Å². The van der Waals surface area contributed by atoms with E-state index in [9.17, 15) is 0 Å². The third-order valence-electron chi connectivity index (χ3n) is 7.82. The third kappa shape index (κ3) is 4.55. The van der Waals surface area contributed by atoms with Crippen molar-refractivity contribution < 1.29 is 0 Å². The highest BCUT2D eigenvalue weighted by Gasteiger charge is 2.60. The lowest BCUT2D eigenvalue weighted by Crippen LogP contribution is -2.02. The van der Waals surface area contributed by atoms with Crippen molar-refractivity contribution in [2.24, 2.45) is 47.3 Å². The number of hydrogen-bond acceptors (Lipinski definition) is 0. The molecular weight excluding hydrogens is 276 g/mol. The molecular formula is C23H42. The molecule has 8 unspecified atom stereocenters. The Morgan fingerprint density at radius 2 is 1.57 bits per heavy atom. The lowest BCUT2D eigenvalue weighted by atomic mass is 9.93. The zero-order valence-electron chi connectivity index (χ0n) is 16.4. The fourth-order valence-corrected chi connectivity index (χ4v) is 5.88. The van der Waals surface area contributed by atoms with Crippen molar-refractivity contribution in [3.05, 3.63) is 0 Å². The molecule has 3 aliphatic rings. The molecule has 0 aromatic rings. The Kier molecular flexibility index (Phi) is 6.13. The Labute approximate surface area is 146 Å². The molecule has 3 aliphatic carbocycles. The molecule has 0 radical (unpaired) electrons. The van der Waals surface area contributed by atoms with Crippen LogP contribution in [0.5, 0.6) is 0 Å². The van der Waals surface area contributed by atoms with Crippen LogP contribution < -0.4 is 0 Å². The average Bonchev–Trinajstić information content (AvgIpc) is 3.40. The van der Waals surface area contributed by atoms with E-state index in [0.29, 0.717) is 0 Å². The van der Waals surface area contributed by atoms with Crippen LogP contribution in [0.1, 0.15) is 98.3 Å². The largest absolute Gasteiger partial charge is 0.0654 e. The van der Waals surface area contributed by atoms with Gasteiger partial charge in [0.15, 0.2) is 0 Å². The van der Waals surface area contributed by atoms with Crippen LogP contribution in [-0.4, -0.2) is 0 Å². The van der Waals surface area contributed by atoms with Crippen LogP contribution in [0.2, 0.25) is 0 Å². The van der Waals surface area contributed by atoms with Crippen molar-refractivity contribution in [3.63, 3.8) is 0 Å². The maximum absolute atomic E-state index is 2.54. The first-order valence-corrected chi connectivity index (χ1v) is 11.2. The number of hydrogen-bond donors (Lipinski definition) is 0. The van der Waals surface area contributed by atoms with Crippen molar-refractivity contribution in [2.75, 3.05) is 0 Å². The van der Waals surface area contributed by atoms with Crippen LogP contribution in [0.15, 0.2) is 0 Å². The number of unbranched alkanes of at least 4 members (excludes halogenated alkanes) is 1. The van der Waals surface area contributed by atoms with Crippen LogP contribution in [-0.2, 0) is 0 Å². The molecule has 0 heterocycles. The van der Waals surface area contributed by atoms with Crippen molar-refractivity contribution in [3.8, 4) is 0 Å². The van der Waals surface area contributed by atoms with Gasteiger partial charge in [-0.2, -0.15) is 0 Å². The van der Waals surface area contributed by atoms with Gasteiger partial charge in [-0.25, -0.2) is 0 Å². The second kappa shape index (κ2) is 7.92. The standard InChI is InChI=1S/C23H42/c1-5-8-10-16(4)19-14-21(19)23-15-22(23)20-13-18(20)12-11-17(7-3)9-6-2/h16-23H,5-15H2,1-4H3. The maximum atomic E-state index is 2.54. The highest BCUT2D eigenvalue weighted by Crippen LogP contribution is 2.67. The van der Waals surface area contributed by atoms with Crippen molar-refractivity contribution in [2.45, 2.75) is 98.3 Å². The summed E-state index contributed by atoms with van der Waals surface area (Å²) in [5, 5.41) is 0. The van der Waals surface area contributed by atoms with E-state index in [0.717, 1.165) is 29.6 Å². The van der Waals surface area contributed by atoms with Crippen molar-refractivity contribution in [1.82, 2.24) is 0 Å². The summed E-state index contributed by atoms with van der Waals surface area (Å²) >= 11 is 0. The van der Waals surface area contributed by atoms with E-state index < -0.39 is 0 Å². The van der Waals surface area contributed by atoms with Gasteiger partial charge in [0.25, 0.3) is 0 Å². The van der Waals surface area contributed by atoms with E-state index >= 15 is 0 Å². The molecule has 0 aromatic carbocycles. The van der Waals surface area contributed by atoms with Gasteiger partial charge in [-0.05, 0) is 73.0 Å². The average molecular weight is 319 g/mol. The lowest BCUT2D eigenvalue weighted by Gasteiger charge is -2.13. The molecule has 23 heavy (non-hydrogen) atoms. The molecule has 0 aliphatic heterocycles. The molecule has 0 bridgehead atoms. The first kappa shape index (κ1) is 17.8. The van der Waals surface area contributed by atoms with Crippen LogP contribution in [0.25, 0.3) is 0 Å². The first-order valence-electron chi connectivity index (χ1n) is 11.2. The van der Waals surface area contributed by atoms with Gasteiger partial charge < -0.3 is 0 Å². The minimum Gasteiger partial charge on any atom is -0.0654 e. The van der Waals surface area contributed by atoms with Crippen molar-refractivity contribution >= 4 is 0 Å². The van der Waals surface area contributed by atoms with Gasteiger partial charge in [0.05, 0.1) is 0 Å². The van der Waals surface area contributed by atoms with E-state index in [4.69, 9.17) is 0 Å². The molecule has 0 amide bonds. The molecule has 0 heteroatoms. The SMILES string of the molecule is CCCCC(C)C1CC1C1CC1C1CC1CCC(CC)CCC. The zero-order chi connectivity index (χ0) is 16.4. The maximum Gasteiger partial charge on any atom is -0.0349 e. The van der Waals surface area contributed by atoms with E-state index in [2.05, 4.69) is 27.7 Å². The summed E-state index contributed by atoms with van der Waals surface area (Å²) in [6.07, 6.45) is 16.5. The predicted molar refractivity (Wildman–Crippen MR) is 101 cm³/mol. The van der Waals surface area contributed by atoms with Crippen LogP contribution >= 0.6 is 0 Å². The molecule has 0 saturated heterocycles. The molecule has 8 atom stereocenters. The Balaban J connectivity index is 1.31. The first-order chi connectivity index (χ1) is 11.2. The highest BCUT2D eigenvalue weighted by molar-refractivity contribution is 5.09. The van der Waals surface area contributed by atoms with Gasteiger partial charge in [-0.15, -0.1) is 0 Å². The molecule has 3 rings (SSSR count). The smallest absolute Gasteiger partial charge is 0.0349 e. The summed E-state index contributed by atoms with van der Waals surface area (Å²) in [4.78, 5) is 0. The molecule has 3 saturated carbocycles. The Morgan fingerprint density at radius 3 is 2.26 bits per heavy atom. The summed E-state index contributed by atoms with van der Waals surface area (Å²) in [6, 6.07) is 0. The summed E-state index contributed by atoms with van der Waals surface area (Å²) < 4.78 is 0. The van der Waals surface area contributed by atoms with Gasteiger partial charge in [-0.3, -0.25) is 0 Å². The van der Waals surface area contributed by atoms with E-state index in [-0.39, 0.29) is 0 Å². The summed E-state index contributed by atoms with van der Waals surface area (Å²) in [5.74, 6) is 9.02. The molecule has 0 nitrogen and oxygen atoms in total. The molecule has 0 aromatic heterocycles. The van der Waals surface area contributed by atoms with E-state index in [1.165, 1.54) is 62.7 Å². The minimum absolute atomic E-state index is 1.02. The zero-order valence-corrected chi connectivity index (χ0v) is 16.4. The Hall–Kier alpha value is 0. The van der Waals surface area contributed by atoms with Gasteiger partial charge >= 0.3 is 0 Å². The summed E-state index contributed by atoms with van der Waals surface area (Å²) in [7, 11) is 0. The molecule has 3 fully saturated rings. The number of rotatable bonds is 12. The van der Waals surface area contributed by atoms with Crippen LogP contribution in [0, 0.1) is 47.3 Å². The highest BCUT2D eigenvalue weighted by atomic mass is 14.6. The Morgan fingerprint density at radius 1 is 0.783 bits per heavy atom. The normalized spacial score (nSPS) is 40.7. The molecule has 0 spiro atoms. The second-order valence-electron chi connectivity index (χ2n) is 9.55. The van der Waals surface area contributed by atoms with Crippen molar-refractivity contribution in [1.29, 1.82) is 0 Å². The second-order valence-corrected chi connectivity index (χ2v) is 9.55. The fourth-order valence-electron chi connectivity index (χ4n) is 5.88. The van der Waals surface area contributed by atoms with Gasteiger partial charge in [-0.1, -0.05) is 72.6 Å². The monoisotopic (exact) mass is 318 g/mol. The predicted octanol–water partition coefficient (Wildman–Crippen LogP) is 7.33. The third-order valence-corrected chi connectivity index (χ3v) is 7.82. The summed E-state index contributed by atoms with van der Waals surface area (Å²) in [6.45, 7) is 9.63. The lowest BCUT2D eigenvalue weighted by molar-refractivity contribution is 0.389. The van der Waals surface area contributed by atoms with Crippen LogP contribution in [0.3, 0.4) is 0 Å². The van der Waals surface area contributed by atoms with Crippen LogP contribution in [0.4, 0.5) is 0 Å². The molecule has 0 N–H and O–H groups in total.